The van der Waals surface area contributed by atoms with Crippen LogP contribution in [0.4, 0.5) is 17.5 Å². The maximum Gasteiger partial charge on any atom is 0.329 e. The molecule has 1 aromatic heterocycles. The Bertz CT molecular complexity index is 520. The fraction of sp³-hybridized carbons (Fsp3) is 0.500. The number of nitro groups is 1. The number of nitrogens with two attached hydrogens (primary N) is 1. The van der Waals surface area contributed by atoms with Crippen LogP contribution in [-0.4, -0.2) is 52.4 Å². The number of nitrogen functional groups attached to an aromatic ring is 1. The molecule has 2 N–H and O–H groups in total. The number of rotatable bonds is 2. The first-order chi connectivity index (χ1) is 8.99. The van der Waals surface area contributed by atoms with E-state index in [1.807, 2.05) is 0 Å². The minimum absolute atomic E-state index is 0.0494. The lowest BCUT2D eigenvalue weighted by atomic mass is 10.3. The van der Waals surface area contributed by atoms with Crippen molar-refractivity contribution in [1.82, 2.24) is 14.9 Å². The molecule has 0 spiro atoms. The zero-order chi connectivity index (χ0) is 14.0. The molecule has 0 radical (unpaired) electrons. The molecule has 1 aliphatic heterocycles. The maximum atomic E-state index is 11.8. The number of carbonyl (C=O) groups excluding carboxylic acids is 1. The second kappa shape index (κ2) is 5.04. The lowest BCUT2D eigenvalue weighted by Gasteiger charge is -2.20. The molecular formula is C10H14N6O3. The zero-order valence-corrected chi connectivity index (χ0v) is 10.4. The van der Waals surface area contributed by atoms with Crippen LogP contribution >= 0.6 is 0 Å². The average molecular weight is 266 g/mol. The smallest absolute Gasteiger partial charge is 0.329 e. The van der Waals surface area contributed by atoms with Gasteiger partial charge >= 0.3 is 5.69 Å². The average Bonchev–Trinajstić information content (AvgIpc) is 2.51. The monoisotopic (exact) mass is 266 g/mol. The third-order valence-electron chi connectivity index (χ3n) is 2.94. The molecule has 0 saturated carbocycles. The van der Waals surface area contributed by atoms with E-state index < -0.39 is 4.92 Å². The number of carbonyl (C=O) groups is 1. The number of amides is 1. The third-order valence-corrected chi connectivity index (χ3v) is 2.94. The molecule has 0 aromatic carbocycles. The van der Waals surface area contributed by atoms with Crippen molar-refractivity contribution in [3.05, 3.63) is 16.3 Å². The van der Waals surface area contributed by atoms with E-state index in [1.165, 1.54) is 0 Å². The van der Waals surface area contributed by atoms with Gasteiger partial charge in [0.05, 0.1) is 11.5 Å². The molecule has 2 heterocycles. The Balaban J connectivity index is 2.37. The van der Waals surface area contributed by atoms with Gasteiger partial charge in [0.25, 0.3) is 0 Å². The number of hydrogen-bond donors (Lipinski definition) is 1. The van der Waals surface area contributed by atoms with Crippen LogP contribution in [0.5, 0.6) is 0 Å². The molecule has 9 heteroatoms. The summed E-state index contributed by atoms with van der Waals surface area (Å²) in [4.78, 5) is 32.9. The quantitative estimate of drug-likeness (QED) is 0.573. The first-order valence-electron chi connectivity index (χ1n) is 5.75. The SMILES string of the molecule is CN1CCCN(c2nc(N)ncc2[N+](=O)[O-])CC1=O. The molecule has 1 amide bonds. The summed E-state index contributed by atoms with van der Waals surface area (Å²) >= 11 is 0. The Morgan fingerprint density at radius 3 is 2.89 bits per heavy atom. The lowest BCUT2D eigenvalue weighted by Crippen LogP contribution is -2.35. The minimum Gasteiger partial charge on any atom is -0.368 e. The van der Waals surface area contributed by atoms with Gasteiger partial charge in [-0.15, -0.1) is 0 Å². The van der Waals surface area contributed by atoms with E-state index in [1.54, 1.807) is 16.8 Å². The van der Waals surface area contributed by atoms with Crippen LogP contribution in [0.1, 0.15) is 6.42 Å². The topological polar surface area (TPSA) is 118 Å². The van der Waals surface area contributed by atoms with Gasteiger partial charge in [-0.25, -0.2) is 4.98 Å². The molecule has 19 heavy (non-hydrogen) atoms. The van der Waals surface area contributed by atoms with E-state index in [2.05, 4.69) is 9.97 Å². The van der Waals surface area contributed by atoms with E-state index in [0.29, 0.717) is 19.5 Å². The molecule has 9 nitrogen and oxygen atoms in total. The van der Waals surface area contributed by atoms with Gasteiger partial charge in [-0.2, -0.15) is 4.98 Å². The highest BCUT2D eigenvalue weighted by Gasteiger charge is 2.27. The highest BCUT2D eigenvalue weighted by Crippen LogP contribution is 2.26. The molecule has 1 fully saturated rings. The second-order valence-electron chi connectivity index (χ2n) is 4.28. The molecule has 0 unspecified atom stereocenters. The van der Waals surface area contributed by atoms with Crippen LogP contribution in [0, 0.1) is 10.1 Å². The molecular weight excluding hydrogens is 252 g/mol. The molecule has 1 aromatic rings. The first-order valence-corrected chi connectivity index (χ1v) is 5.75. The van der Waals surface area contributed by atoms with Crippen molar-refractivity contribution in [1.29, 1.82) is 0 Å². The van der Waals surface area contributed by atoms with Crippen molar-refractivity contribution in [2.45, 2.75) is 6.42 Å². The molecule has 0 aliphatic carbocycles. The maximum absolute atomic E-state index is 11.8. The van der Waals surface area contributed by atoms with Crippen molar-refractivity contribution >= 4 is 23.4 Å². The summed E-state index contributed by atoms with van der Waals surface area (Å²) < 4.78 is 0. The van der Waals surface area contributed by atoms with Gasteiger partial charge < -0.3 is 15.5 Å². The Morgan fingerprint density at radius 2 is 2.21 bits per heavy atom. The Kier molecular flexibility index (Phi) is 3.45. The van der Waals surface area contributed by atoms with Crippen molar-refractivity contribution < 1.29 is 9.72 Å². The summed E-state index contributed by atoms with van der Waals surface area (Å²) in [5.41, 5.74) is 5.22. The lowest BCUT2D eigenvalue weighted by molar-refractivity contribution is -0.384. The molecule has 102 valence electrons. The van der Waals surface area contributed by atoms with Crippen LogP contribution in [0.25, 0.3) is 0 Å². The van der Waals surface area contributed by atoms with Gasteiger partial charge in [-0.1, -0.05) is 0 Å². The summed E-state index contributed by atoms with van der Waals surface area (Å²) in [5, 5.41) is 11.0. The van der Waals surface area contributed by atoms with Gasteiger partial charge in [0.2, 0.25) is 17.7 Å². The number of nitrogens with zero attached hydrogens (tertiary/aromatic N) is 5. The van der Waals surface area contributed by atoms with E-state index in [-0.39, 0.29) is 29.9 Å². The van der Waals surface area contributed by atoms with Crippen molar-refractivity contribution in [2.24, 2.45) is 0 Å². The van der Waals surface area contributed by atoms with Gasteiger partial charge in [0.15, 0.2) is 0 Å². The van der Waals surface area contributed by atoms with Crippen LogP contribution in [0.2, 0.25) is 0 Å². The van der Waals surface area contributed by atoms with Crippen molar-refractivity contribution in [3.8, 4) is 0 Å². The van der Waals surface area contributed by atoms with E-state index in [4.69, 9.17) is 5.73 Å². The highest BCUT2D eigenvalue weighted by molar-refractivity contribution is 5.82. The van der Waals surface area contributed by atoms with Crippen LogP contribution < -0.4 is 10.6 Å². The fourth-order valence-corrected chi connectivity index (χ4v) is 1.91. The molecule has 1 saturated heterocycles. The number of anilines is 2. The van der Waals surface area contributed by atoms with Gasteiger partial charge in [-0.3, -0.25) is 14.9 Å². The predicted molar refractivity (Wildman–Crippen MR) is 67.6 cm³/mol. The summed E-state index contributed by atoms with van der Waals surface area (Å²) in [7, 11) is 1.70. The highest BCUT2D eigenvalue weighted by atomic mass is 16.6. The summed E-state index contributed by atoms with van der Waals surface area (Å²) in [6.07, 6.45) is 1.78. The molecule has 0 bridgehead atoms. The molecule has 0 atom stereocenters. The zero-order valence-electron chi connectivity index (χ0n) is 10.4. The summed E-state index contributed by atoms with van der Waals surface area (Å²) in [5.74, 6) is -0.0595. The van der Waals surface area contributed by atoms with Crippen molar-refractivity contribution in [3.63, 3.8) is 0 Å². The van der Waals surface area contributed by atoms with Crippen LogP contribution in [0.3, 0.4) is 0 Å². The van der Waals surface area contributed by atoms with Crippen molar-refractivity contribution in [2.75, 3.05) is 37.3 Å². The van der Waals surface area contributed by atoms with Crippen LogP contribution in [-0.2, 0) is 4.79 Å². The van der Waals surface area contributed by atoms with Gasteiger partial charge in [-0.05, 0) is 6.42 Å². The number of aromatic nitrogens is 2. The predicted octanol–water partition coefficient (Wildman–Crippen LogP) is -0.365. The van der Waals surface area contributed by atoms with Gasteiger partial charge in [0.1, 0.15) is 6.20 Å². The molecule has 2 rings (SSSR count). The Labute approximate surface area is 109 Å². The van der Waals surface area contributed by atoms with Gasteiger partial charge in [0, 0.05) is 20.1 Å². The van der Waals surface area contributed by atoms with Crippen LogP contribution in [0.15, 0.2) is 6.20 Å². The largest absolute Gasteiger partial charge is 0.368 e. The van der Waals surface area contributed by atoms with E-state index in [0.717, 1.165) is 6.20 Å². The fourth-order valence-electron chi connectivity index (χ4n) is 1.91. The number of likely N-dealkylation sites (N-methyl/N-ethyl adjacent to an activating group) is 1. The Hall–Kier alpha value is -2.45. The summed E-state index contributed by atoms with van der Waals surface area (Å²) in [6, 6.07) is 0. The third kappa shape index (κ3) is 2.69. The normalized spacial score (nSPS) is 16.4. The number of hydrogen-bond acceptors (Lipinski definition) is 7. The van der Waals surface area contributed by atoms with E-state index >= 15 is 0 Å². The second-order valence-corrected chi connectivity index (χ2v) is 4.28. The summed E-state index contributed by atoms with van der Waals surface area (Å²) in [6.45, 7) is 1.17. The van der Waals surface area contributed by atoms with E-state index in [9.17, 15) is 14.9 Å². The Morgan fingerprint density at radius 1 is 1.47 bits per heavy atom. The molecule has 1 aliphatic rings. The minimum atomic E-state index is -0.576. The standard InChI is InChI=1S/C10H14N6O3/c1-14-3-2-4-15(6-8(14)17)9-7(16(18)19)5-12-10(11)13-9/h5H,2-4,6H2,1H3,(H2,11,12,13). The first kappa shape index (κ1) is 13.0.